The van der Waals surface area contributed by atoms with E-state index in [4.69, 9.17) is 0 Å². The molecule has 0 amide bonds. The molecule has 0 saturated carbocycles. The summed E-state index contributed by atoms with van der Waals surface area (Å²) in [6.45, 7) is 9.30. The van der Waals surface area contributed by atoms with Crippen molar-refractivity contribution in [2.75, 3.05) is 0 Å². The zero-order valence-corrected chi connectivity index (χ0v) is 15.4. The molecule has 0 radical (unpaired) electrons. The van der Waals surface area contributed by atoms with Crippen LogP contribution in [0.5, 0.6) is 0 Å². The number of hydrogen-bond acceptors (Lipinski definition) is 3. The minimum Gasteiger partial charge on any atom is -0.384 e. The van der Waals surface area contributed by atoms with Crippen molar-refractivity contribution < 1.29 is 13.5 Å². The van der Waals surface area contributed by atoms with Crippen molar-refractivity contribution in [3.8, 4) is 0 Å². The Hall–Kier alpha value is -2.63. The molecule has 0 aliphatic rings. The first kappa shape index (κ1) is 18.2. The molecule has 0 fully saturated rings. The van der Waals surface area contributed by atoms with Gasteiger partial charge < -0.3 is 5.11 Å². The Morgan fingerprint density at radius 2 is 1.77 bits per heavy atom. The maximum Gasteiger partial charge on any atom is 0.268 e. The van der Waals surface area contributed by atoms with Crippen LogP contribution in [0, 0.1) is 6.92 Å². The Labute approximate surface area is 153 Å². The maximum absolute atomic E-state index is 13.4. The molecule has 1 atom stereocenters. The topological polar surface area (TPSA) is 59.3 Å². The van der Waals surface area contributed by atoms with E-state index in [0.717, 1.165) is 5.56 Å². The first-order chi connectivity index (χ1) is 12.4. The van der Waals surface area contributed by atoms with Gasteiger partial charge in [0, 0.05) is 23.1 Å². The third-order valence-corrected chi connectivity index (χ3v) is 6.15. The SMILES string of the molecule is C=CCc1c(C(O)C=C)c2ccccc2n1S(=O)(=O)c1ccc(C)cc1. The predicted molar refractivity (Wildman–Crippen MR) is 105 cm³/mol. The first-order valence-electron chi connectivity index (χ1n) is 8.27. The van der Waals surface area contributed by atoms with Crippen molar-refractivity contribution in [1.82, 2.24) is 3.97 Å². The summed E-state index contributed by atoms with van der Waals surface area (Å²) < 4.78 is 28.1. The molecule has 26 heavy (non-hydrogen) atoms. The molecule has 1 N–H and O–H groups in total. The predicted octanol–water partition coefficient (Wildman–Crippen LogP) is 4.13. The van der Waals surface area contributed by atoms with Crippen LogP contribution in [0.15, 0.2) is 78.7 Å². The van der Waals surface area contributed by atoms with Crippen LogP contribution in [0.3, 0.4) is 0 Å². The lowest BCUT2D eigenvalue weighted by molar-refractivity contribution is 0.229. The van der Waals surface area contributed by atoms with Gasteiger partial charge in [-0.3, -0.25) is 0 Å². The zero-order valence-electron chi connectivity index (χ0n) is 14.6. The summed E-state index contributed by atoms with van der Waals surface area (Å²) in [5, 5.41) is 11.1. The smallest absolute Gasteiger partial charge is 0.268 e. The second-order valence-corrected chi connectivity index (χ2v) is 7.92. The van der Waals surface area contributed by atoms with E-state index in [1.807, 2.05) is 19.1 Å². The Bertz CT molecular complexity index is 1080. The van der Waals surface area contributed by atoms with Crippen LogP contribution < -0.4 is 0 Å². The minimum atomic E-state index is -3.83. The quantitative estimate of drug-likeness (QED) is 0.666. The van der Waals surface area contributed by atoms with Crippen molar-refractivity contribution in [3.63, 3.8) is 0 Å². The summed E-state index contributed by atoms with van der Waals surface area (Å²) in [6.07, 6.45) is 2.37. The van der Waals surface area contributed by atoms with Gasteiger partial charge in [0.1, 0.15) is 0 Å². The third-order valence-electron chi connectivity index (χ3n) is 4.38. The molecular weight excluding hydrogens is 346 g/mol. The number of rotatable bonds is 6. The average molecular weight is 367 g/mol. The number of aliphatic hydroxyl groups excluding tert-OH is 1. The summed E-state index contributed by atoms with van der Waals surface area (Å²) >= 11 is 0. The van der Waals surface area contributed by atoms with Gasteiger partial charge in [0.25, 0.3) is 10.0 Å². The minimum absolute atomic E-state index is 0.203. The summed E-state index contributed by atoms with van der Waals surface area (Å²) in [4.78, 5) is 0.203. The molecule has 5 heteroatoms. The van der Waals surface area contributed by atoms with Crippen LogP contribution in [0.25, 0.3) is 10.9 Å². The molecule has 1 heterocycles. The van der Waals surface area contributed by atoms with E-state index in [9.17, 15) is 13.5 Å². The number of hydrogen-bond donors (Lipinski definition) is 1. The van der Waals surface area contributed by atoms with Gasteiger partial charge in [-0.15, -0.1) is 13.2 Å². The largest absolute Gasteiger partial charge is 0.384 e. The van der Waals surface area contributed by atoms with E-state index in [0.29, 0.717) is 28.6 Å². The highest BCUT2D eigenvalue weighted by molar-refractivity contribution is 7.90. The van der Waals surface area contributed by atoms with Gasteiger partial charge in [0.2, 0.25) is 0 Å². The van der Waals surface area contributed by atoms with Gasteiger partial charge in [-0.1, -0.05) is 48.0 Å². The number of nitrogens with zero attached hydrogens (tertiary/aromatic N) is 1. The van der Waals surface area contributed by atoms with Gasteiger partial charge in [0.05, 0.1) is 16.5 Å². The molecule has 0 aliphatic carbocycles. The van der Waals surface area contributed by atoms with E-state index >= 15 is 0 Å². The van der Waals surface area contributed by atoms with E-state index in [2.05, 4.69) is 13.2 Å². The number of fused-ring (bicyclic) bond motifs is 1. The summed E-state index contributed by atoms with van der Waals surface area (Å²) in [7, 11) is -3.83. The summed E-state index contributed by atoms with van der Waals surface area (Å²) in [5.74, 6) is 0. The number of para-hydroxylation sites is 1. The Morgan fingerprint density at radius 3 is 2.38 bits per heavy atom. The van der Waals surface area contributed by atoms with Gasteiger partial charge in [0.15, 0.2) is 0 Å². The number of aromatic nitrogens is 1. The van der Waals surface area contributed by atoms with Gasteiger partial charge in [-0.2, -0.15) is 0 Å². The standard InChI is InChI=1S/C21H21NO3S/c1-4-8-19-21(20(23)5-2)17-9-6-7-10-18(17)22(19)26(24,25)16-13-11-15(3)12-14-16/h4-7,9-14,20,23H,1-2,8H2,3H3. The van der Waals surface area contributed by atoms with E-state index in [1.165, 1.54) is 10.0 Å². The van der Waals surface area contributed by atoms with Crippen LogP contribution >= 0.6 is 0 Å². The molecule has 4 nitrogen and oxygen atoms in total. The lowest BCUT2D eigenvalue weighted by atomic mass is 10.0. The van der Waals surface area contributed by atoms with Crippen LogP contribution in [-0.4, -0.2) is 17.5 Å². The molecule has 1 unspecified atom stereocenters. The molecule has 3 rings (SSSR count). The fourth-order valence-corrected chi connectivity index (χ4v) is 4.73. The fourth-order valence-electron chi connectivity index (χ4n) is 3.16. The number of aliphatic hydroxyl groups is 1. The molecule has 134 valence electrons. The molecular formula is C21H21NO3S. The highest BCUT2D eigenvalue weighted by atomic mass is 32.2. The molecule has 2 aromatic carbocycles. The first-order valence-corrected chi connectivity index (χ1v) is 9.71. The fraction of sp³-hybridized carbons (Fsp3) is 0.143. The highest BCUT2D eigenvalue weighted by Crippen LogP contribution is 2.35. The van der Waals surface area contributed by atoms with Crippen LogP contribution in [0.1, 0.15) is 22.9 Å². The number of aryl methyl sites for hydroxylation is 1. The van der Waals surface area contributed by atoms with Crippen molar-refractivity contribution >= 4 is 20.9 Å². The summed E-state index contributed by atoms with van der Waals surface area (Å²) in [6, 6.07) is 13.9. The number of allylic oxidation sites excluding steroid dienone is 1. The normalized spacial score (nSPS) is 12.8. The van der Waals surface area contributed by atoms with Crippen LogP contribution in [0.4, 0.5) is 0 Å². The summed E-state index contributed by atoms with van der Waals surface area (Å²) in [5.41, 5.74) is 2.55. The number of benzene rings is 2. The molecule has 3 aromatic rings. The molecule has 1 aromatic heterocycles. The molecule has 0 bridgehead atoms. The molecule has 0 aliphatic heterocycles. The lowest BCUT2D eigenvalue weighted by Crippen LogP contribution is -2.16. The maximum atomic E-state index is 13.4. The van der Waals surface area contributed by atoms with E-state index in [1.54, 1.807) is 42.5 Å². The monoisotopic (exact) mass is 367 g/mol. The van der Waals surface area contributed by atoms with Crippen molar-refractivity contribution in [3.05, 3.63) is 90.7 Å². The van der Waals surface area contributed by atoms with Crippen molar-refractivity contribution in [1.29, 1.82) is 0 Å². The van der Waals surface area contributed by atoms with Crippen LogP contribution in [-0.2, 0) is 16.4 Å². The van der Waals surface area contributed by atoms with Gasteiger partial charge in [-0.05, 0) is 25.1 Å². The van der Waals surface area contributed by atoms with Crippen molar-refractivity contribution in [2.45, 2.75) is 24.3 Å². The second kappa shape index (κ2) is 6.94. The molecule has 0 spiro atoms. The second-order valence-electron chi connectivity index (χ2n) is 6.13. The lowest BCUT2D eigenvalue weighted by Gasteiger charge is -2.13. The molecule has 0 saturated heterocycles. The Morgan fingerprint density at radius 1 is 1.12 bits per heavy atom. The van der Waals surface area contributed by atoms with E-state index < -0.39 is 16.1 Å². The average Bonchev–Trinajstić information content (AvgIpc) is 2.96. The Kier molecular flexibility index (Phi) is 4.85. The highest BCUT2D eigenvalue weighted by Gasteiger charge is 2.28. The third kappa shape index (κ3) is 2.89. The van der Waals surface area contributed by atoms with Gasteiger partial charge >= 0.3 is 0 Å². The zero-order chi connectivity index (χ0) is 18.9. The van der Waals surface area contributed by atoms with Crippen LogP contribution in [0.2, 0.25) is 0 Å². The van der Waals surface area contributed by atoms with Crippen molar-refractivity contribution in [2.24, 2.45) is 0 Å². The van der Waals surface area contributed by atoms with E-state index in [-0.39, 0.29) is 4.90 Å². The van der Waals surface area contributed by atoms with Gasteiger partial charge in [-0.25, -0.2) is 12.4 Å². The Balaban J connectivity index is 2.41.